The first-order valence-corrected chi connectivity index (χ1v) is 7.78. The number of morpholine rings is 1. The number of nitrogens with zero attached hydrogens (tertiary/aromatic N) is 1. The monoisotopic (exact) mass is 297 g/mol. The molecule has 8 heteroatoms. The molecule has 1 N–H and O–H groups in total. The van der Waals surface area contributed by atoms with Crippen LogP contribution in [-0.2, 0) is 19.6 Å². The van der Waals surface area contributed by atoms with Crippen LogP contribution in [0, 0.1) is 0 Å². The lowest BCUT2D eigenvalue weighted by atomic mass is 10.2. The number of sulfonamides is 1. The number of carbonyl (C=O) groups is 1. The second kappa shape index (κ2) is 4.96. The molecule has 0 spiro atoms. The van der Waals surface area contributed by atoms with Gasteiger partial charge in [0.1, 0.15) is 4.75 Å². The van der Waals surface area contributed by atoms with Crippen LogP contribution in [0.25, 0.3) is 0 Å². The van der Waals surface area contributed by atoms with Gasteiger partial charge in [0.25, 0.3) is 0 Å². The molecule has 0 amide bonds. The Bertz CT molecular complexity index is 434. The van der Waals surface area contributed by atoms with Gasteiger partial charge in [-0.3, -0.25) is 4.79 Å². The van der Waals surface area contributed by atoms with Crippen molar-refractivity contribution in [2.75, 3.05) is 25.6 Å². The molecule has 0 aromatic rings. The fourth-order valence-electron chi connectivity index (χ4n) is 2.10. The molecule has 1 aliphatic carbocycles. The number of rotatable bonds is 5. The van der Waals surface area contributed by atoms with Gasteiger partial charge < -0.3 is 9.84 Å². The topological polar surface area (TPSA) is 83.9 Å². The number of aliphatic carboxylic acids is 1. The summed E-state index contributed by atoms with van der Waals surface area (Å²) in [7, 11) is -3.44. The maximum Gasteiger partial charge on any atom is 0.306 e. The summed E-state index contributed by atoms with van der Waals surface area (Å²) in [5.74, 6) is -0.895. The first-order chi connectivity index (χ1) is 8.41. The average Bonchev–Trinajstić information content (AvgIpc) is 3.09. The molecule has 0 aromatic heterocycles. The zero-order chi connectivity index (χ0) is 13.4. The minimum absolute atomic E-state index is 0.0935. The minimum atomic E-state index is -3.44. The number of carboxylic acid groups (broad SMARTS) is 1. The summed E-state index contributed by atoms with van der Waals surface area (Å²) >= 11 is 5.75. The van der Waals surface area contributed by atoms with Gasteiger partial charge in [-0.25, -0.2) is 8.42 Å². The van der Waals surface area contributed by atoms with Gasteiger partial charge in [0.2, 0.25) is 10.0 Å². The van der Waals surface area contributed by atoms with E-state index in [0.29, 0.717) is 12.8 Å². The third-order valence-corrected chi connectivity index (χ3v) is 6.77. The molecule has 2 rings (SSSR count). The van der Waals surface area contributed by atoms with Crippen LogP contribution in [0.1, 0.15) is 19.3 Å². The molecular weight excluding hydrogens is 282 g/mol. The Kier molecular flexibility index (Phi) is 3.87. The molecule has 2 aliphatic rings. The van der Waals surface area contributed by atoms with Gasteiger partial charge in [0.15, 0.2) is 0 Å². The molecule has 104 valence electrons. The number of alkyl halides is 1. The molecule has 6 nitrogen and oxygen atoms in total. The molecule has 1 saturated carbocycles. The van der Waals surface area contributed by atoms with Gasteiger partial charge in [-0.15, -0.1) is 11.6 Å². The Morgan fingerprint density at radius 3 is 2.67 bits per heavy atom. The van der Waals surface area contributed by atoms with Gasteiger partial charge in [-0.1, -0.05) is 0 Å². The SMILES string of the molecule is O=C(O)CC1CN(S(=O)(=O)C2(CCl)CC2)CCO1. The predicted octanol–water partition coefficient (Wildman–Crippen LogP) is 0.263. The van der Waals surface area contributed by atoms with Crippen molar-refractivity contribution in [3.05, 3.63) is 0 Å². The van der Waals surface area contributed by atoms with E-state index in [1.165, 1.54) is 4.31 Å². The molecule has 0 radical (unpaired) electrons. The van der Waals surface area contributed by atoms with Gasteiger partial charge in [0.05, 0.1) is 19.1 Å². The molecule has 1 atom stereocenters. The summed E-state index contributed by atoms with van der Waals surface area (Å²) in [4.78, 5) is 10.6. The van der Waals surface area contributed by atoms with Crippen molar-refractivity contribution in [2.45, 2.75) is 30.1 Å². The van der Waals surface area contributed by atoms with Crippen LogP contribution in [0.2, 0.25) is 0 Å². The average molecular weight is 298 g/mol. The quantitative estimate of drug-likeness (QED) is 0.736. The third kappa shape index (κ3) is 2.49. The Hall–Kier alpha value is -0.370. The minimum Gasteiger partial charge on any atom is -0.481 e. The van der Waals surface area contributed by atoms with E-state index in [1.54, 1.807) is 0 Å². The highest BCUT2D eigenvalue weighted by Gasteiger charge is 2.56. The van der Waals surface area contributed by atoms with E-state index in [2.05, 4.69) is 0 Å². The second-order valence-electron chi connectivity index (χ2n) is 4.77. The second-order valence-corrected chi connectivity index (χ2v) is 7.37. The van der Waals surface area contributed by atoms with Gasteiger partial charge >= 0.3 is 5.97 Å². The first-order valence-electron chi connectivity index (χ1n) is 5.80. The Morgan fingerprint density at radius 2 is 2.17 bits per heavy atom. The first kappa shape index (κ1) is 14.0. The molecular formula is C10H16ClNO5S. The molecule has 2 fully saturated rings. The highest BCUT2D eigenvalue weighted by molar-refractivity contribution is 7.90. The largest absolute Gasteiger partial charge is 0.481 e. The van der Waals surface area contributed by atoms with Crippen LogP contribution in [0.3, 0.4) is 0 Å². The predicted molar refractivity (Wildman–Crippen MR) is 65.2 cm³/mol. The summed E-state index contributed by atoms with van der Waals surface area (Å²) < 4.78 is 30.5. The summed E-state index contributed by atoms with van der Waals surface area (Å²) in [6.45, 7) is 0.611. The van der Waals surface area contributed by atoms with Crippen LogP contribution >= 0.6 is 11.6 Å². The van der Waals surface area contributed by atoms with E-state index in [-0.39, 0.29) is 32.0 Å². The molecule has 1 unspecified atom stereocenters. The van der Waals surface area contributed by atoms with Crippen LogP contribution in [0.15, 0.2) is 0 Å². The number of halogens is 1. The highest BCUT2D eigenvalue weighted by atomic mass is 35.5. The zero-order valence-corrected chi connectivity index (χ0v) is 11.4. The maximum absolute atomic E-state index is 12.4. The third-order valence-electron chi connectivity index (χ3n) is 3.44. The van der Waals surface area contributed by atoms with E-state index in [1.807, 2.05) is 0 Å². The zero-order valence-electron chi connectivity index (χ0n) is 9.84. The lowest BCUT2D eigenvalue weighted by Crippen LogP contribution is -2.50. The van der Waals surface area contributed by atoms with E-state index in [0.717, 1.165) is 0 Å². The van der Waals surface area contributed by atoms with Crippen LogP contribution in [0.4, 0.5) is 0 Å². The number of hydrogen-bond acceptors (Lipinski definition) is 4. The fourth-order valence-corrected chi connectivity index (χ4v) is 4.76. The van der Waals surface area contributed by atoms with E-state index in [4.69, 9.17) is 21.4 Å². The van der Waals surface area contributed by atoms with Crippen molar-refractivity contribution in [3.8, 4) is 0 Å². The summed E-state index contributed by atoms with van der Waals surface area (Å²) in [5.41, 5.74) is 0. The molecule has 1 saturated heterocycles. The van der Waals surface area contributed by atoms with Crippen molar-refractivity contribution in [3.63, 3.8) is 0 Å². The maximum atomic E-state index is 12.4. The van der Waals surface area contributed by atoms with Gasteiger partial charge in [-0.05, 0) is 12.8 Å². The number of carboxylic acids is 1. The van der Waals surface area contributed by atoms with Gasteiger partial charge in [0, 0.05) is 19.0 Å². The van der Waals surface area contributed by atoms with E-state index >= 15 is 0 Å². The number of hydrogen-bond donors (Lipinski definition) is 1. The molecule has 18 heavy (non-hydrogen) atoms. The smallest absolute Gasteiger partial charge is 0.306 e. The fraction of sp³-hybridized carbons (Fsp3) is 0.900. The van der Waals surface area contributed by atoms with Crippen molar-refractivity contribution in [1.82, 2.24) is 4.31 Å². The van der Waals surface area contributed by atoms with Crippen molar-refractivity contribution >= 4 is 27.6 Å². The van der Waals surface area contributed by atoms with Crippen molar-refractivity contribution < 1.29 is 23.1 Å². The van der Waals surface area contributed by atoms with E-state index in [9.17, 15) is 13.2 Å². The number of ether oxygens (including phenoxy) is 1. The molecule has 1 heterocycles. The molecule has 0 bridgehead atoms. The van der Waals surface area contributed by atoms with Crippen LogP contribution in [0.5, 0.6) is 0 Å². The normalized spacial score (nSPS) is 27.9. The van der Waals surface area contributed by atoms with E-state index < -0.39 is 26.8 Å². The molecule has 1 aliphatic heterocycles. The van der Waals surface area contributed by atoms with Gasteiger partial charge in [-0.2, -0.15) is 4.31 Å². The van der Waals surface area contributed by atoms with Crippen molar-refractivity contribution in [1.29, 1.82) is 0 Å². The van der Waals surface area contributed by atoms with Crippen molar-refractivity contribution in [2.24, 2.45) is 0 Å². The van der Waals surface area contributed by atoms with Crippen LogP contribution in [-0.4, -0.2) is 60.2 Å². The summed E-state index contributed by atoms with van der Waals surface area (Å²) in [5, 5.41) is 8.70. The lowest BCUT2D eigenvalue weighted by molar-refractivity contribution is -0.141. The Labute approximate surface area is 111 Å². The Balaban J connectivity index is 2.07. The standard InChI is InChI=1S/C10H16ClNO5S/c11-7-10(1-2-10)18(15,16)12-3-4-17-8(6-12)5-9(13)14/h8H,1-7H2,(H,13,14). The Morgan fingerprint density at radius 1 is 1.50 bits per heavy atom. The van der Waals surface area contributed by atoms with Crippen LogP contribution < -0.4 is 0 Å². The summed E-state index contributed by atoms with van der Waals surface area (Å²) in [6, 6.07) is 0. The highest BCUT2D eigenvalue weighted by Crippen LogP contribution is 2.46. The summed E-state index contributed by atoms with van der Waals surface area (Å²) in [6.07, 6.45) is 0.414. The molecule has 0 aromatic carbocycles. The lowest BCUT2D eigenvalue weighted by Gasteiger charge is -2.33.